The lowest BCUT2D eigenvalue weighted by molar-refractivity contribution is -0.119. The fourth-order valence-corrected chi connectivity index (χ4v) is 2.16. The summed E-state index contributed by atoms with van der Waals surface area (Å²) >= 11 is 0. The van der Waals surface area contributed by atoms with E-state index in [1.54, 1.807) is 0 Å². The van der Waals surface area contributed by atoms with E-state index in [-0.39, 0.29) is 11.8 Å². The molecule has 116 valence electrons. The van der Waals surface area contributed by atoms with Crippen molar-refractivity contribution >= 4 is 11.6 Å². The Balaban J connectivity index is 1.72. The molecule has 1 aromatic carbocycles. The maximum Gasteiger partial charge on any atom is 0.229 e. The number of hydrogen-bond donors (Lipinski definition) is 2. The van der Waals surface area contributed by atoms with Crippen molar-refractivity contribution in [1.82, 2.24) is 5.32 Å². The SMILES string of the molecule is CCCNCCOc1ccc(NC(=O)C2CCOC2)cc1. The zero-order chi connectivity index (χ0) is 14.9. The summed E-state index contributed by atoms with van der Waals surface area (Å²) in [5.41, 5.74) is 0.795. The summed E-state index contributed by atoms with van der Waals surface area (Å²) in [7, 11) is 0. The van der Waals surface area contributed by atoms with Gasteiger partial charge in [-0.1, -0.05) is 6.92 Å². The molecule has 21 heavy (non-hydrogen) atoms. The predicted molar refractivity (Wildman–Crippen MR) is 82.7 cm³/mol. The van der Waals surface area contributed by atoms with Gasteiger partial charge in [-0.3, -0.25) is 4.79 Å². The van der Waals surface area contributed by atoms with Gasteiger partial charge in [-0.15, -0.1) is 0 Å². The molecule has 5 nitrogen and oxygen atoms in total. The maximum absolute atomic E-state index is 11.9. The van der Waals surface area contributed by atoms with Crippen molar-refractivity contribution in [2.75, 3.05) is 38.2 Å². The normalized spacial score (nSPS) is 17.7. The van der Waals surface area contributed by atoms with Gasteiger partial charge in [0.15, 0.2) is 0 Å². The number of nitrogens with one attached hydrogen (secondary N) is 2. The molecule has 2 rings (SSSR count). The molecule has 1 amide bonds. The summed E-state index contributed by atoms with van der Waals surface area (Å²) in [5.74, 6) is 0.825. The molecule has 0 radical (unpaired) electrons. The molecule has 1 aromatic rings. The van der Waals surface area contributed by atoms with Crippen LogP contribution in [0.1, 0.15) is 19.8 Å². The average Bonchev–Trinajstić information content (AvgIpc) is 3.03. The summed E-state index contributed by atoms with van der Waals surface area (Å²) < 4.78 is 10.8. The van der Waals surface area contributed by atoms with Crippen LogP contribution in [0, 0.1) is 5.92 Å². The van der Waals surface area contributed by atoms with Crippen LogP contribution < -0.4 is 15.4 Å². The van der Waals surface area contributed by atoms with Gasteiger partial charge in [-0.05, 0) is 43.7 Å². The molecule has 1 aliphatic heterocycles. The van der Waals surface area contributed by atoms with Crippen LogP contribution in [0.4, 0.5) is 5.69 Å². The number of ether oxygens (including phenoxy) is 2. The van der Waals surface area contributed by atoms with Crippen LogP contribution in [0.2, 0.25) is 0 Å². The first-order valence-electron chi connectivity index (χ1n) is 7.62. The minimum atomic E-state index is -0.0226. The first kappa shape index (κ1) is 15.8. The van der Waals surface area contributed by atoms with Crippen LogP contribution in [-0.2, 0) is 9.53 Å². The number of hydrogen-bond acceptors (Lipinski definition) is 4. The standard InChI is InChI=1S/C16H24N2O3/c1-2-8-17-9-11-21-15-5-3-14(4-6-15)18-16(19)13-7-10-20-12-13/h3-6,13,17H,2,7-12H2,1H3,(H,18,19). The Hall–Kier alpha value is -1.59. The van der Waals surface area contributed by atoms with Crippen LogP contribution in [0.15, 0.2) is 24.3 Å². The van der Waals surface area contributed by atoms with Crippen LogP contribution in [0.25, 0.3) is 0 Å². The second-order valence-corrected chi connectivity index (χ2v) is 5.17. The Morgan fingerprint density at radius 3 is 2.81 bits per heavy atom. The molecule has 0 aliphatic carbocycles. The van der Waals surface area contributed by atoms with Crippen molar-refractivity contribution in [2.45, 2.75) is 19.8 Å². The fraction of sp³-hybridized carbons (Fsp3) is 0.562. The monoisotopic (exact) mass is 292 g/mol. The van der Waals surface area contributed by atoms with Crippen LogP contribution in [-0.4, -0.2) is 38.8 Å². The van der Waals surface area contributed by atoms with Crippen molar-refractivity contribution in [3.05, 3.63) is 24.3 Å². The lowest BCUT2D eigenvalue weighted by Crippen LogP contribution is -2.22. The van der Waals surface area contributed by atoms with Gasteiger partial charge in [0.05, 0.1) is 12.5 Å². The Morgan fingerprint density at radius 2 is 2.14 bits per heavy atom. The number of amides is 1. The predicted octanol–water partition coefficient (Wildman–Crippen LogP) is 2.04. The van der Waals surface area contributed by atoms with E-state index in [4.69, 9.17) is 9.47 Å². The Bertz CT molecular complexity index is 428. The summed E-state index contributed by atoms with van der Waals surface area (Å²) in [6.45, 7) is 5.84. The van der Waals surface area contributed by atoms with E-state index in [1.807, 2.05) is 24.3 Å². The van der Waals surface area contributed by atoms with Gasteiger partial charge >= 0.3 is 0 Å². The highest BCUT2D eigenvalue weighted by Gasteiger charge is 2.23. The van der Waals surface area contributed by atoms with Gasteiger partial charge in [0.2, 0.25) is 5.91 Å². The second-order valence-electron chi connectivity index (χ2n) is 5.17. The van der Waals surface area contributed by atoms with Crippen molar-refractivity contribution < 1.29 is 14.3 Å². The van der Waals surface area contributed by atoms with E-state index >= 15 is 0 Å². The molecule has 1 saturated heterocycles. The lowest BCUT2D eigenvalue weighted by atomic mass is 10.1. The molecule has 0 spiro atoms. The molecule has 1 aliphatic rings. The van der Waals surface area contributed by atoms with Crippen molar-refractivity contribution in [2.24, 2.45) is 5.92 Å². The Kier molecular flexibility index (Phi) is 6.50. The number of benzene rings is 1. The highest BCUT2D eigenvalue weighted by atomic mass is 16.5. The van der Waals surface area contributed by atoms with E-state index in [9.17, 15) is 4.79 Å². The van der Waals surface area contributed by atoms with E-state index < -0.39 is 0 Å². The topological polar surface area (TPSA) is 59.6 Å². The molecular weight excluding hydrogens is 268 g/mol. The zero-order valence-electron chi connectivity index (χ0n) is 12.6. The second kappa shape index (κ2) is 8.64. The van der Waals surface area contributed by atoms with Gasteiger partial charge in [0.1, 0.15) is 12.4 Å². The van der Waals surface area contributed by atoms with Crippen LogP contribution in [0.5, 0.6) is 5.75 Å². The van der Waals surface area contributed by atoms with Crippen LogP contribution >= 0.6 is 0 Å². The molecule has 1 atom stereocenters. The third-order valence-corrected chi connectivity index (χ3v) is 3.40. The summed E-state index contributed by atoms with van der Waals surface area (Å²) in [4.78, 5) is 11.9. The first-order chi connectivity index (χ1) is 10.3. The van der Waals surface area contributed by atoms with Crippen molar-refractivity contribution in [3.63, 3.8) is 0 Å². The summed E-state index contributed by atoms with van der Waals surface area (Å²) in [6, 6.07) is 7.48. The Labute approximate surface area is 126 Å². The molecule has 1 unspecified atom stereocenters. The molecule has 5 heteroatoms. The number of carbonyl (C=O) groups is 1. The van der Waals surface area contributed by atoms with Gasteiger partial charge in [0.25, 0.3) is 0 Å². The minimum Gasteiger partial charge on any atom is -0.492 e. The van der Waals surface area contributed by atoms with Gasteiger partial charge in [-0.25, -0.2) is 0 Å². The molecule has 0 bridgehead atoms. The molecule has 0 saturated carbocycles. The van der Waals surface area contributed by atoms with Crippen LogP contribution in [0.3, 0.4) is 0 Å². The number of anilines is 1. The van der Waals surface area contributed by atoms with E-state index in [1.165, 1.54) is 0 Å². The lowest BCUT2D eigenvalue weighted by Gasteiger charge is -2.11. The largest absolute Gasteiger partial charge is 0.492 e. The smallest absolute Gasteiger partial charge is 0.229 e. The quantitative estimate of drug-likeness (QED) is 0.720. The maximum atomic E-state index is 11.9. The van der Waals surface area contributed by atoms with Gasteiger partial charge in [-0.2, -0.15) is 0 Å². The first-order valence-corrected chi connectivity index (χ1v) is 7.62. The van der Waals surface area contributed by atoms with Gasteiger partial charge in [0, 0.05) is 18.8 Å². The summed E-state index contributed by atoms with van der Waals surface area (Å²) in [5, 5.41) is 6.19. The van der Waals surface area contributed by atoms with Gasteiger partial charge < -0.3 is 20.1 Å². The average molecular weight is 292 g/mol. The van der Waals surface area contributed by atoms with Crippen molar-refractivity contribution in [3.8, 4) is 5.75 Å². The minimum absolute atomic E-state index is 0.0226. The van der Waals surface area contributed by atoms with E-state index in [0.717, 1.165) is 37.4 Å². The highest BCUT2D eigenvalue weighted by molar-refractivity contribution is 5.92. The summed E-state index contributed by atoms with van der Waals surface area (Å²) in [6.07, 6.45) is 1.93. The van der Waals surface area contributed by atoms with E-state index in [0.29, 0.717) is 19.8 Å². The van der Waals surface area contributed by atoms with E-state index in [2.05, 4.69) is 17.6 Å². The molecule has 2 N–H and O–H groups in total. The third kappa shape index (κ3) is 5.36. The fourth-order valence-electron chi connectivity index (χ4n) is 2.16. The molecule has 1 fully saturated rings. The molecule has 1 heterocycles. The van der Waals surface area contributed by atoms with Crippen molar-refractivity contribution in [1.29, 1.82) is 0 Å². The number of rotatable bonds is 8. The molecule has 0 aromatic heterocycles. The highest BCUT2D eigenvalue weighted by Crippen LogP contribution is 2.18. The Morgan fingerprint density at radius 1 is 1.33 bits per heavy atom. The molecular formula is C16H24N2O3. The third-order valence-electron chi connectivity index (χ3n) is 3.40. The zero-order valence-corrected chi connectivity index (χ0v) is 12.6. The number of carbonyl (C=O) groups excluding carboxylic acids is 1.